The largest absolute Gasteiger partial charge is 0.380 e. The predicted molar refractivity (Wildman–Crippen MR) is 80.1 cm³/mol. The van der Waals surface area contributed by atoms with E-state index in [0.717, 1.165) is 17.1 Å². The van der Waals surface area contributed by atoms with Gasteiger partial charge in [0.25, 0.3) is 0 Å². The second kappa shape index (κ2) is 5.93. The zero-order chi connectivity index (χ0) is 14.7. The van der Waals surface area contributed by atoms with E-state index in [1.165, 1.54) is 12.1 Å². The first-order valence-corrected chi connectivity index (χ1v) is 6.72. The fourth-order valence-electron chi connectivity index (χ4n) is 1.96. The van der Waals surface area contributed by atoms with Gasteiger partial charge in [0.2, 0.25) is 0 Å². The molecule has 0 unspecified atom stereocenters. The van der Waals surface area contributed by atoms with E-state index in [-0.39, 0.29) is 5.82 Å². The number of hydrogen-bond acceptors (Lipinski definition) is 3. The van der Waals surface area contributed by atoms with Gasteiger partial charge in [0.15, 0.2) is 0 Å². The average Bonchev–Trinajstić information content (AvgIpc) is 2.99. The van der Waals surface area contributed by atoms with Gasteiger partial charge in [0.1, 0.15) is 18.0 Å². The highest BCUT2D eigenvalue weighted by Crippen LogP contribution is 2.16. The van der Waals surface area contributed by atoms with Crippen molar-refractivity contribution in [3.8, 4) is 5.82 Å². The summed E-state index contributed by atoms with van der Waals surface area (Å²) in [5.74, 6) is 0.444. The van der Waals surface area contributed by atoms with E-state index in [4.69, 9.17) is 11.6 Å². The van der Waals surface area contributed by atoms with Crippen LogP contribution in [-0.4, -0.2) is 14.5 Å². The van der Waals surface area contributed by atoms with Crippen LogP contribution in [0.15, 0.2) is 55.2 Å². The Hall–Kier alpha value is -2.40. The molecule has 0 aliphatic carbocycles. The van der Waals surface area contributed by atoms with Crippen LogP contribution in [0.3, 0.4) is 0 Å². The summed E-state index contributed by atoms with van der Waals surface area (Å²) in [4.78, 5) is 8.30. The van der Waals surface area contributed by atoms with Crippen LogP contribution >= 0.6 is 11.6 Å². The minimum Gasteiger partial charge on any atom is -0.380 e. The van der Waals surface area contributed by atoms with Gasteiger partial charge >= 0.3 is 0 Å². The second-order valence-corrected chi connectivity index (χ2v) is 4.94. The van der Waals surface area contributed by atoms with E-state index >= 15 is 0 Å². The molecule has 2 heterocycles. The first-order valence-electron chi connectivity index (χ1n) is 6.34. The van der Waals surface area contributed by atoms with Crippen molar-refractivity contribution in [1.29, 1.82) is 0 Å². The maximum atomic E-state index is 13.2. The molecule has 1 aromatic carbocycles. The Morgan fingerprint density at radius 1 is 1.24 bits per heavy atom. The second-order valence-electron chi connectivity index (χ2n) is 4.51. The van der Waals surface area contributed by atoms with Crippen LogP contribution in [0.1, 0.15) is 5.56 Å². The van der Waals surface area contributed by atoms with Crippen molar-refractivity contribution in [2.45, 2.75) is 6.54 Å². The maximum Gasteiger partial charge on any atom is 0.137 e. The number of nitrogens with zero attached hydrogens (tertiary/aromatic N) is 3. The first kappa shape index (κ1) is 13.6. The standard InChI is InChI=1S/C15H12ClFN4/c16-12-5-11(6-13(17)7-12)8-19-14-1-2-15(20-9-14)21-4-3-18-10-21/h1-7,9-10,19H,8H2. The monoisotopic (exact) mass is 302 g/mol. The van der Waals surface area contributed by atoms with E-state index in [1.54, 1.807) is 24.8 Å². The number of benzene rings is 1. The van der Waals surface area contributed by atoms with Gasteiger partial charge < -0.3 is 5.32 Å². The van der Waals surface area contributed by atoms with Gasteiger partial charge in [-0.15, -0.1) is 0 Å². The van der Waals surface area contributed by atoms with Crippen molar-refractivity contribution in [2.24, 2.45) is 0 Å². The summed E-state index contributed by atoms with van der Waals surface area (Å²) in [6.07, 6.45) is 6.92. The lowest BCUT2D eigenvalue weighted by Gasteiger charge is -2.08. The lowest BCUT2D eigenvalue weighted by Crippen LogP contribution is -2.01. The third-order valence-corrected chi connectivity index (χ3v) is 3.15. The van der Waals surface area contributed by atoms with Gasteiger partial charge in [-0.1, -0.05) is 11.6 Å². The van der Waals surface area contributed by atoms with E-state index in [2.05, 4.69) is 15.3 Å². The van der Waals surface area contributed by atoms with E-state index in [1.807, 2.05) is 22.9 Å². The average molecular weight is 303 g/mol. The Bertz CT molecular complexity index is 706. The number of pyridine rings is 1. The highest BCUT2D eigenvalue weighted by Gasteiger charge is 2.01. The summed E-state index contributed by atoms with van der Waals surface area (Å²) < 4.78 is 15.0. The normalized spacial score (nSPS) is 10.6. The molecule has 0 bridgehead atoms. The number of aromatic nitrogens is 3. The molecular weight excluding hydrogens is 291 g/mol. The van der Waals surface area contributed by atoms with E-state index in [0.29, 0.717) is 11.6 Å². The molecule has 0 spiro atoms. The fourth-order valence-corrected chi connectivity index (χ4v) is 2.20. The van der Waals surface area contributed by atoms with Crippen LogP contribution < -0.4 is 5.32 Å². The van der Waals surface area contributed by atoms with Gasteiger partial charge in [-0.05, 0) is 35.9 Å². The fraction of sp³-hybridized carbons (Fsp3) is 0.0667. The number of anilines is 1. The molecular formula is C15H12ClFN4. The van der Waals surface area contributed by atoms with Crippen LogP contribution in [0.2, 0.25) is 5.02 Å². The molecule has 0 aliphatic heterocycles. The Morgan fingerprint density at radius 2 is 2.14 bits per heavy atom. The summed E-state index contributed by atoms with van der Waals surface area (Å²) in [5.41, 5.74) is 1.62. The van der Waals surface area contributed by atoms with E-state index < -0.39 is 0 Å². The molecule has 0 atom stereocenters. The van der Waals surface area contributed by atoms with Crippen LogP contribution in [0.25, 0.3) is 5.82 Å². The molecule has 0 saturated heterocycles. The molecule has 0 amide bonds. The third kappa shape index (κ3) is 3.38. The number of hydrogen-bond donors (Lipinski definition) is 1. The zero-order valence-corrected chi connectivity index (χ0v) is 11.8. The van der Waals surface area contributed by atoms with Crippen molar-refractivity contribution in [1.82, 2.24) is 14.5 Å². The Balaban J connectivity index is 1.68. The third-order valence-electron chi connectivity index (χ3n) is 2.94. The molecule has 6 heteroatoms. The summed E-state index contributed by atoms with van der Waals surface area (Å²) in [6.45, 7) is 0.476. The Morgan fingerprint density at radius 3 is 2.81 bits per heavy atom. The topological polar surface area (TPSA) is 42.7 Å². The lowest BCUT2D eigenvalue weighted by molar-refractivity contribution is 0.626. The SMILES string of the molecule is Fc1cc(Cl)cc(CNc2ccc(-n3ccnc3)nc2)c1. The molecule has 4 nitrogen and oxygen atoms in total. The van der Waals surface area contributed by atoms with Crippen molar-refractivity contribution < 1.29 is 4.39 Å². The Kier molecular flexibility index (Phi) is 3.83. The summed E-state index contributed by atoms with van der Waals surface area (Å²) >= 11 is 5.82. The van der Waals surface area contributed by atoms with Crippen molar-refractivity contribution in [3.63, 3.8) is 0 Å². The molecule has 21 heavy (non-hydrogen) atoms. The van der Waals surface area contributed by atoms with Gasteiger partial charge in [-0.3, -0.25) is 4.57 Å². The minimum absolute atomic E-state index is 0.340. The molecule has 0 aliphatic rings. The molecule has 3 aromatic rings. The number of nitrogens with one attached hydrogen (secondary N) is 1. The molecule has 0 saturated carbocycles. The molecule has 0 fully saturated rings. The van der Waals surface area contributed by atoms with Gasteiger partial charge in [0, 0.05) is 24.0 Å². The highest BCUT2D eigenvalue weighted by molar-refractivity contribution is 6.30. The van der Waals surface area contributed by atoms with Crippen molar-refractivity contribution in [2.75, 3.05) is 5.32 Å². The van der Waals surface area contributed by atoms with Crippen LogP contribution in [0.4, 0.5) is 10.1 Å². The molecule has 2 aromatic heterocycles. The maximum absolute atomic E-state index is 13.2. The number of rotatable bonds is 4. The van der Waals surface area contributed by atoms with Gasteiger partial charge in [-0.2, -0.15) is 0 Å². The zero-order valence-electron chi connectivity index (χ0n) is 11.0. The summed E-state index contributed by atoms with van der Waals surface area (Å²) in [5, 5.41) is 3.56. The molecule has 106 valence electrons. The summed E-state index contributed by atoms with van der Waals surface area (Å²) in [6, 6.07) is 8.25. The molecule has 3 rings (SSSR count). The molecule has 0 radical (unpaired) electrons. The van der Waals surface area contributed by atoms with E-state index in [9.17, 15) is 4.39 Å². The van der Waals surface area contributed by atoms with Gasteiger partial charge in [-0.25, -0.2) is 14.4 Å². The van der Waals surface area contributed by atoms with Crippen LogP contribution in [0, 0.1) is 5.82 Å². The van der Waals surface area contributed by atoms with Crippen molar-refractivity contribution >= 4 is 17.3 Å². The highest BCUT2D eigenvalue weighted by atomic mass is 35.5. The Labute approximate surface area is 126 Å². The van der Waals surface area contributed by atoms with Crippen LogP contribution in [0.5, 0.6) is 0 Å². The minimum atomic E-state index is -0.340. The lowest BCUT2D eigenvalue weighted by atomic mass is 10.2. The first-order chi connectivity index (χ1) is 10.2. The molecule has 1 N–H and O–H groups in total. The van der Waals surface area contributed by atoms with Gasteiger partial charge in [0.05, 0.1) is 11.9 Å². The number of imidazole rings is 1. The predicted octanol–water partition coefficient (Wildman–Crippen LogP) is 3.67. The quantitative estimate of drug-likeness (QED) is 0.799. The summed E-state index contributed by atoms with van der Waals surface area (Å²) in [7, 11) is 0. The smallest absolute Gasteiger partial charge is 0.137 e. The van der Waals surface area contributed by atoms with Crippen molar-refractivity contribution in [3.05, 3.63) is 71.7 Å². The van der Waals surface area contributed by atoms with Crippen LogP contribution in [-0.2, 0) is 6.54 Å². The number of halogens is 2.